The maximum Gasteiger partial charge on any atom is 0.407 e. The molecule has 0 radical (unpaired) electrons. The SMILES string of the molecule is Cc1ccc2c(Nc3cccc(COC(=O)NC(C)C)c3)c3ccccc3nc2c1. The molecule has 0 unspecified atom stereocenters. The van der Waals surface area contributed by atoms with Crippen molar-refractivity contribution in [1.82, 2.24) is 10.3 Å². The van der Waals surface area contributed by atoms with Crippen molar-refractivity contribution in [1.29, 1.82) is 0 Å². The van der Waals surface area contributed by atoms with Crippen LogP contribution in [0.15, 0.2) is 66.7 Å². The molecule has 3 aromatic carbocycles. The Hall–Kier alpha value is -3.60. The first kappa shape index (κ1) is 19.7. The van der Waals surface area contributed by atoms with Gasteiger partial charge in [0.2, 0.25) is 0 Å². The molecule has 0 bridgehead atoms. The first-order valence-corrected chi connectivity index (χ1v) is 10.1. The van der Waals surface area contributed by atoms with Crippen LogP contribution < -0.4 is 10.6 Å². The van der Waals surface area contributed by atoms with Gasteiger partial charge in [-0.15, -0.1) is 0 Å². The Bertz CT molecular complexity index is 1220. The van der Waals surface area contributed by atoms with Gasteiger partial charge in [-0.1, -0.05) is 42.5 Å². The minimum absolute atomic E-state index is 0.0439. The normalized spacial score (nSPS) is 11.1. The van der Waals surface area contributed by atoms with E-state index in [2.05, 4.69) is 41.8 Å². The van der Waals surface area contributed by atoms with E-state index in [-0.39, 0.29) is 12.6 Å². The number of fused-ring (bicyclic) bond motifs is 2. The third-order valence-electron chi connectivity index (χ3n) is 4.81. The highest BCUT2D eigenvalue weighted by molar-refractivity contribution is 6.08. The van der Waals surface area contributed by atoms with Crippen LogP contribution in [0.1, 0.15) is 25.0 Å². The van der Waals surface area contributed by atoms with Gasteiger partial charge in [0.15, 0.2) is 0 Å². The number of pyridine rings is 1. The number of aromatic nitrogens is 1. The Morgan fingerprint density at radius 3 is 2.60 bits per heavy atom. The summed E-state index contributed by atoms with van der Waals surface area (Å²) >= 11 is 0. The lowest BCUT2D eigenvalue weighted by Gasteiger charge is -2.15. The smallest absolute Gasteiger partial charge is 0.407 e. The highest BCUT2D eigenvalue weighted by Crippen LogP contribution is 2.33. The maximum atomic E-state index is 11.8. The molecule has 4 aromatic rings. The van der Waals surface area contributed by atoms with Crippen molar-refractivity contribution in [2.45, 2.75) is 33.4 Å². The van der Waals surface area contributed by atoms with E-state index in [9.17, 15) is 4.79 Å². The number of rotatable bonds is 5. The molecule has 30 heavy (non-hydrogen) atoms. The number of amides is 1. The van der Waals surface area contributed by atoms with E-state index in [1.165, 1.54) is 5.56 Å². The lowest BCUT2D eigenvalue weighted by molar-refractivity contribution is 0.137. The van der Waals surface area contributed by atoms with Crippen LogP contribution in [0.3, 0.4) is 0 Å². The molecule has 0 aliphatic heterocycles. The topological polar surface area (TPSA) is 63.2 Å². The largest absolute Gasteiger partial charge is 0.445 e. The third kappa shape index (κ3) is 4.35. The molecule has 152 valence electrons. The van der Waals surface area contributed by atoms with Gasteiger partial charge in [-0.2, -0.15) is 0 Å². The summed E-state index contributed by atoms with van der Waals surface area (Å²) in [5.74, 6) is 0. The molecule has 0 atom stereocenters. The molecule has 5 nitrogen and oxygen atoms in total. The number of anilines is 2. The van der Waals surface area contributed by atoms with Gasteiger partial charge in [-0.05, 0) is 56.2 Å². The Morgan fingerprint density at radius 2 is 1.77 bits per heavy atom. The highest BCUT2D eigenvalue weighted by atomic mass is 16.5. The summed E-state index contributed by atoms with van der Waals surface area (Å²) in [5.41, 5.74) is 5.95. The molecule has 0 aliphatic carbocycles. The van der Waals surface area contributed by atoms with Crippen LogP contribution in [0, 0.1) is 6.92 Å². The van der Waals surface area contributed by atoms with Gasteiger partial charge >= 0.3 is 6.09 Å². The van der Waals surface area contributed by atoms with Crippen molar-refractivity contribution in [2.75, 3.05) is 5.32 Å². The standard InChI is InChI=1S/C25H25N3O2/c1-16(2)26-25(29)30-15-18-7-6-8-19(14-18)27-24-20-9-4-5-10-22(20)28-23-13-17(3)11-12-21(23)24/h4-14,16H,15H2,1-3H3,(H,26,29)(H,27,28). The van der Waals surface area contributed by atoms with E-state index in [1.54, 1.807) is 0 Å². The molecule has 1 aromatic heterocycles. The third-order valence-corrected chi connectivity index (χ3v) is 4.81. The number of carbonyl (C=O) groups is 1. The molecule has 0 aliphatic rings. The molecule has 5 heteroatoms. The van der Waals surface area contributed by atoms with Crippen molar-refractivity contribution in [3.05, 3.63) is 77.9 Å². The van der Waals surface area contributed by atoms with Crippen molar-refractivity contribution >= 4 is 39.3 Å². The zero-order valence-corrected chi connectivity index (χ0v) is 17.4. The molecule has 0 saturated carbocycles. The summed E-state index contributed by atoms with van der Waals surface area (Å²) < 4.78 is 5.31. The van der Waals surface area contributed by atoms with Crippen LogP contribution in [0.5, 0.6) is 0 Å². The van der Waals surface area contributed by atoms with Gasteiger partial charge in [0.1, 0.15) is 6.61 Å². The van der Waals surface area contributed by atoms with Crippen molar-refractivity contribution in [3.63, 3.8) is 0 Å². The number of aryl methyl sites for hydroxylation is 1. The van der Waals surface area contributed by atoms with Gasteiger partial charge in [-0.3, -0.25) is 0 Å². The van der Waals surface area contributed by atoms with Gasteiger partial charge in [-0.25, -0.2) is 9.78 Å². The van der Waals surface area contributed by atoms with E-state index in [4.69, 9.17) is 9.72 Å². The summed E-state index contributed by atoms with van der Waals surface area (Å²) in [4.78, 5) is 16.6. The molecule has 0 fully saturated rings. The number of nitrogens with zero attached hydrogens (tertiary/aromatic N) is 1. The van der Waals surface area contributed by atoms with Gasteiger partial charge in [0, 0.05) is 22.5 Å². The fourth-order valence-corrected chi connectivity index (χ4v) is 3.45. The summed E-state index contributed by atoms with van der Waals surface area (Å²) in [7, 11) is 0. The number of alkyl carbamates (subject to hydrolysis) is 1. The maximum absolute atomic E-state index is 11.8. The van der Waals surface area contributed by atoms with E-state index in [0.717, 1.165) is 38.7 Å². The first-order chi connectivity index (χ1) is 14.5. The van der Waals surface area contributed by atoms with E-state index < -0.39 is 6.09 Å². The summed E-state index contributed by atoms with van der Waals surface area (Å²) in [5, 5.41) is 8.43. The van der Waals surface area contributed by atoms with E-state index in [1.807, 2.05) is 56.3 Å². The van der Waals surface area contributed by atoms with Crippen LogP contribution in [-0.4, -0.2) is 17.1 Å². The molecular weight excluding hydrogens is 374 g/mol. The fourth-order valence-electron chi connectivity index (χ4n) is 3.45. The van der Waals surface area contributed by atoms with Crippen LogP contribution in [-0.2, 0) is 11.3 Å². The number of nitrogens with one attached hydrogen (secondary N) is 2. The van der Waals surface area contributed by atoms with Crippen molar-refractivity contribution in [3.8, 4) is 0 Å². The predicted molar refractivity (Wildman–Crippen MR) is 122 cm³/mol. The number of ether oxygens (including phenoxy) is 1. The Kier molecular flexibility index (Phi) is 5.53. The average molecular weight is 399 g/mol. The second-order valence-electron chi connectivity index (χ2n) is 7.73. The predicted octanol–water partition coefficient (Wildman–Crippen LogP) is 6.07. The molecule has 2 N–H and O–H groups in total. The lowest BCUT2D eigenvalue weighted by atomic mass is 10.1. The molecule has 1 heterocycles. The lowest BCUT2D eigenvalue weighted by Crippen LogP contribution is -2.30. The molecule has 4 rings (SSSR count). The van der Waals surface area contributed by atoms with Crippen LogP contribution in [0.4, 0.5) is 16.2 Å². The number of para-hydroxylation sites is 1. The molecule has 0 saturated heterocycles. The molecular formula is C25H25N3O2. The van der Waals surface area contributed by atoms with Crippen molar-refractivity contribution in [2.24, 2.45) is 0 Å². The first-order valence-electron chi connectivity index (χ1n) is 10.1. The quantitative estimate of drug-likeness (QED) is 0.400. The monoisotopic (exact) mass is 399 g/mol. The second-order valence-corrected chi connectivity index (χ2v) is 7.73. The zero-order chi connectivity index (χ0) is 21.1. The average Bonchev–Trinajstić information content (AvgIpc) is 2.72. The number of hydrogen-bond donors (Lipinski definition) is 2. The van der Waals surface area contributed by atoms with E-state index in [0.29, 0.717) is 0 Å². The van der Waals surface area contributed by atoms with Crippen LogP contribution >= 0.6 is 0 Å². The second kappa shape index (κ2) is 8.41. The van der Waals surface area contributed by atoms with E-state index >= 15 is 0 Å². The minimum Gasteiger partial charge on any atom is -0.445 e. The Morgan fingerprint density at radius 1 is 0.967 bits per heavy atom. The number of benzene rings is 3. The fraction of sp³-hybridized carbons (Fsp3) is 0.200. The summed E-state index contributed by atoms with van der Waals surface area (Å²) in [6.07, 6.45) is -0.412. The molecule has 0 spiro atoms. The van der Waals surface area contributed by atoms with Gasteiger partial charge in [0.25, 0.3) is 0 Å². The zero-order valence-electron chi connectivity index (χ0n) is 17.4. The summed E-state index contributed by atoms with van der Waals surface area (Å²) in [6, 6.07) is 22.4. The van der Waals surface area contributed by atoms with Gasteiger partial charge < -0.3 is 15.4 Å². The Balaban J connectivity index is 1.66. The molecule has 1 amide bonds. The number of carbonyl (C=O) groups excluding carboxylic acids is 1. The van der Waals surface area contributed by atoms with Gasteiger partial charge in [0.05, 0.1) is 16.7 Å². The Labute approximate surface area is 176 Å². The van der Waals surface area contributed by atoms with Crippen molar-refractivity contribution < 1.29 is 9.53 Å². The minimum atomic E-state index is -0.412. The number of hydrogen-bond acceptors (Lipinski definition) is 4. The van der Waals surface area contributed by atoms with Crippen LogP contribution in [0.2, 0.25) is 0 Å². The van der Waals surface area contributed by atoms with Crippen LogP contribution in [0.25, 0.3) is 21.8 Å². The highest BCUT2D eigenvalue weighted by Gasteiger charge is 2.10. The summed E-state index contributed by atoms with van der Waals surface area (Å²) in [6.45, 7) is 6.08.